The van der Waals surface area contributed by atoms with Crippen LogP contribution in [0, 0.1) is 11.8 Å². The molecular weight excluding hydrogens is 426 g/mol. The maximum atomic E-state index is 11.1. The van der Waals surface area contributed by atoms with Gasteiger partial charge in [-0.05, 0) is 75.3 Å². The number of benzene rings is 1. The van der Waals surface area contributed by atoms with E-state index in [-0.39, 0.29) is 6.42 Å². The van der Waals surface area contributed by atoms with Crippen LogP contribution in [-0.2, 0) is 16.0 Å². The number of hydrogen-bond acceptors (Lipinski definition) is 4. The summed E-state index contributed by atoms with van der Waals surface area (Å²) in [7, 11) is 0. The maximum absolute atomic E-state index is 11.1. The number of allylic oxidation sites excluding steroid dienone is 2. The zero-order valence-corrected chi connectivity index (χ0v) is 21.0. The zero-order valence-electron chi connectivity index (χ0n) is 21.0. The highest BCUT2D eigenvalue weighted by atomic mass is 16.5. The summed E-state index contributed by atoms with van der Waals surface area (Å²) in [5, 5.41) is 23.4. The van der Waals surface area contributed by atoms with E-state index in [1.165, 1.54) is 31.2 Å². The number of nitrogens with one attached hydrogen (secondary N) is 1. The maximum Gasteiger partial charge on any atom is 0.303 e. The normalized spacial score (nSPS) is 25.7. The quantitative estimate of drug-likeness (QED) is 0.206. The van der Waals surface area contributed by atoms with Crippen LogP contribution < -0.4 is 5.32 Å². The average Bonchev–Trinajstić information content (AvgIpc) is 3.41. The van der Waals surface area contributed by atoms with Crippen molar-refractivity contribution in [2.24, 2.45) is 11.8 Å². The van der Waals surface area contributed by atoms with Gasteiger partial charge in [0.05, 0.1) is 17.8 Å². The summed E-state index contributed by atoms with van der Waals surface area (Å²) in [5.41, 5.74) is 0.509. The summed E-state index contributed by atoms with van der Waals surface area (Å²) in [6.07, 6.45) is 16.5. The highest BCUT2D eigenvalue weighted by Gasteiger charge is 2.47. The molecule has 2 fully saturated rings. The van der Waals surface area contributed by atoms with Crippen LogP contribution in [0.15, 0.2) is 42.5 Å². The number of ether oxygens (including phenoxy) is 1. The minimum Gasteiger partial charge on any atom is -0.481 e. The second-order valence-corrected chi connectivity index (χ2v) is 10.4. The van der Waals surface area contributed by atoms with Gasteiger partial charge < -0.3 is 20.3 Å². The smallest absolute Gasteiger partial charge is 0.303 e. The van der Waals surface area contributed by atoms with Gasteiger partial charge in [-0.15, -0.1) is 0 Å². The van der Waals surface area contributed by atoms with Gasteiger partial charge in [-0.25, -0.2) is 0 Å². The van der Waals surface area contributed by atoms with Crippen molar-refractivity contribution in [3.8, 4) is 0 Å². The fourth-order valence-corrected chi connectivity index (χ4v) is 5.97. The lowest BCUT2D eigenvalue weighted by molar-refractivity contribution is -0.137. The molecular formula is C29H45NO4. The molecule has 0 radical (unpaired) electrons. The first-order valence-corrected chi connectivity index (χ1v) is 13.5. The van der Waals surface area contributed by atoms with Crippen LogP contribution >= 0.6 is 0 Å². The van der Waals surface area contributed by atoms with Gasteiger partial charge in [0.25, 0.3) is 0 Å². The van der Waals surface area contributed by atoms with E-state index in [1.54, 1.807) is 0 Å². The van der Waals surface area contributed by atoms with E-state index in [4.69, 9.17) is 9.84 Å². The van der Waals surface area contributed by atoms with Crippen LogP contribution in [0.5, 0.6) is 0 Å². The monoisotopic (exact) mass is 471 g/mol. The lowest BCUT2D eigenvalue weighted by Crippen LogP contribution is -2.42. The molecule has 5 heteroatoms. The third-order valence-corrected chi connectivity index (χ3v) is 7.61. The second kappa shape index (κ2) is 14.0. The van der Waals surface area contributed by atoms with Crippen molar-refractivity contribution >= 4 is 5.97 Å². The molecule has 5 nitrogen and oxygen atoms in total. The van der Waals surface area contributed by atoms with Crippen LogP contribution in [-0.4, -0.2) is 47.1 Å². The first-order chi connectivity index (χ1) is 16.5. The van der Waals surface area contributed by atoms with E-state index < -0.39 is 11.6 Å². The van der Waals surface area contributed by atoms with E-state index in [0.717, 1.165) is 38.6 Å². The van der Waals surface area contributed by atoms with E-state index in [2.05, 4.69) is 36.5 Å². The van der Waals surface area contributed by atoms with E-state index >= 15 is 0 Å². The van der Waals surface area contributed by atoms with Crippen LogP contribution in [0.1, 0.15) is 83.1 Å². The van der Waals surface area contributed by atoms with Gasteiger partial charge in [0.2, 0.25) is 0 Å². The van der Waals surface area contributed by atoms with Gasteiger partial charge in [-0.1, -0.05) is 62.2 Å². The van der Waals surface area contributed by atoms with Gasteiger partial charge in [-0.2, -0.15) is 0 Å². The van der Waals surface area contributed by atoms with Crippen LogP contribution in [0.25, 0.3) is 0 Å². The highest BCUT2D eigenvalue weighted by Crippen LogP contribution is 2.47. The Morgan fingerprint density at radius 1 is 1.12 bits per heavy atom. The number of hydrogen-bond donors (Lipinski definition) is 3. The molecule has 2 bridgehead atoms. The molecule has 0 spiro atoms. The minimum absolute atomic E-state index is 0.250. The summed E-state index contributed by atoms with van der Waals surface area (Å²) >= 11 is 0. The third kappa shape index (κ3) is 8.51. The topological polar surface area (TPSA) is 78.8 Å². The lowest BCUT2D eigenvalue weighted by atomic mass is 9.75. The van der Waals surface area contributed by atoms with Crippen molar-refractivity contribution in [1.29, 1.82) is 0 Å². The summed E-state index contributed by atoms with van der Waals surface area (Å²) in [4.78, 5) is 10.6. The van der Waals surface area contributed by atoms with E-state index in [0.29, 0.717) is 43.4 Å². The lowest BCUT2D eigenvalue weighted by Gasteiger charge is -2.29. The molecule has 0 aromatic heterocycles. The SMILES string of the molecule is CCCC(O)(CNCCCC[C@H]1[C@@H](C/C=C\CCCC(=O)O)[C@H]2CC[C@@H]1O2)Cc1ccccc1. The van der Waals surface area contributed by atoms with Gasteiger partial charge in [0.1, 0.15) is 0 Å². The third-order valence-electron chi connectivity index (χ3n) is 7.61. The number of carboxylic acid groups (broad SMARTS) is 1. The predicted molar refractivity (Wildman–Crippen MR) is 137 cm³/mol. The molecule has 3 rings (SSSR count). The van der Waals surface area contributed by atoms with Crippen molar-refractivity contribution < 1.29 is 19.7 Å². The van der Waals surface area contributed by atoms with Crippen molar-refractivity contribution in [3.63, 3.8) is 0 Å². The standard InChI is InChI=1S/C29H45NO4/c1-2-19-29(33,21-23-12-6-5-7-13-23)22-30-20-11-10-15-25-24(26-17-18-27(25)34-26)14-8-3-4-9-16-28(31)32/h3,5-8,12-13,24-27,30,33H,2,4,9-11,14-22H2,1H3,(H,31,32)/b8-3-/t24-,25+,26-,27+,29?/m1/s1. The Kier molecular flexibility index (Phi) is 11.1. The fourth-order valence-electron chi connectivity index (χ4n) is 5.97. The molecule has 0 amide bonds. The molecule has 2 heterocycles. The Morgan fingerprint density at radius 2 is 1.88 bits per heavy atom. The van der Waals surface area contributed by atoms with Gasteiger partial charge in [0.15, 0.2) is 0 Å². The summed E-state index contributed by atoms with van der Waals surface area (Å²) in [6, 6.07) is 10.3. The number of aliphatic hydroxyl groups is 1. The van der Waals surface area contributed by atoms with E-state index in [1.807, 2.05) is 18.2 Å². The minimum atomic E-state index is -0.712. The van der Waals surface area contributed by atoms with Gasteiger partial charge >= 0.3 is 5.97 Å². The number of carbonyl (C=O) groups is 1. The molecule has 2 saturated heterocycles. The van der Waals surface area contributed by atoms with Crippen molar-refractivity contribution in [1.82, 2.24) is 5.32 Å². The number of carboxylic acids is 1. The predicted octanol–water partition coefficient (Wildman–Crippen LogP) is 5.52. The van der Waals surface area contributed by atoms with Gasteiger partial charge in [-0.3, -0.25) is 4.79 Å². The Morgan fingerprint density at radius 3 is 2.62 bits per heavy atom. The summed E-state index contributed by atoms with van der Waals surface area (Å²) < 4.78 is 6.25. The Hall–Kier alpha value is -1.69. The molecule has 0 saturated carbocycles. The molecule has 3 N–H and O–H groups in total. The van der Waals surface area contributed by atoms with Crippen LogP contribution in [0.4, 0.5) is 0 Å². The van der Waals surface area contributed by atoms with Crippen LogP contribution in [0.3, 0.4) is 0 Å². The van der Waals surface area contributed by atoms with Crippen molar-refractivity contribution in [3.05, 3.63) is 48.0 Å². The molecule has 1 aromatic rings. The fraction of sp³-hybridized carbons (Fsp3) is 0.690. The molecule has 2 aliphatic heterocycles. The molecule has 34 heavy (non-hydrogen) atoms. The first-order valence-electron chi connectivity index (χ1n) is 13.5. The van der Waals surface area contributed by atoms with Crippen LogP contribution in [0.2, 0.25) is 0 Å². The highest BCUT2D eigenvalue weighted by molar-refractivity contribution is 5.66. The largest absolute Gasteiger partial charge is 0.481 e. The number of fused-ring (bicyclic) bond motifs is 2. The summed E-state index contributed by atoms with van der Waals surface area (Å²) in [5.74, 6) is 0.552. The molecule has 2 aliphatic rings. The average molecular weight is 472 g/mol. The zero-order chi connectivity index (χ0) is 24.2. The number of aliphatic carboxylic acids is 1. The Balaban J connectivity index is 1.35. The number of unbranched alkanes of at least 4 members (excludes halogenated alkanes) is 2. The van der Waals surface area contributed by atoms with Crippen molar-refractivity contribution in [2.45, 2.75) is 102 Å². The molecule has 190 valence electrons. The molecule has 1 aromatic carbocycles. The molecule has 5 atom stereocenters. The van der Waals surface area contributed by atoms with Crippen molar-refractivity contribution in [2.75, 3.05) is 13.1 Å². The second-order valence-electron chi connectivity index (χ2n) is 10.4. The number of rotatable bonds is 17. The Labute approximate surface area is 206 Å². The van der Waals surface area contributed by atoms with Gasteiger partial charge in [0, 0.05) is 19.4 Å². The summed E-state index contributed by atoms with van der Waals surface area (Å²) in [6.45, 7) is 3.72. The molecule has 1 unspecified atom stereocenters. The Bertz CT molecular complexity index is 752. The van der Waals surface area contributed by atoms with E-state index in [9.17, 15) is 9.90 Å². The molecule has 0 aliphatic carbocycles. The first kappa shape index (κ1) is 26.9.